The molecule has 3 rings (SSSR count). The number of carboxylic acids is 1. The molecule has 3 fully saturated rings. The molecule has 1 N–H and O–H groups in total. The summed E-state index contributed by atoms with van der Waals surface area (Å²) in [6.07, 6.45) is 2.40. The topological polar surface area (TPSA) is 37.3 Å². The fourth-order valence-corrected chi connectivity index (χ4v) is 4.49. The van der Waals surface area contributed by atoms with Gasteiger partial charge in [-0.25, -0.2) is 0 Å². The summed E-state index contributed by atoms with van der Waals surface area (Å²) in [6, 6.07) is 0. The summed E-state index contributed by atoms with van der Waals surface area (Å²) in [7, 11) is 0. The lowest BCUT2D eigenvalue weighted by atomic mass is 9.90. The van der Waals surface area contributed by atoms with Crippen LogP contribution in [0.1, 0.15) is 33.6 Å². The predicted molar refractivity (Wildman–Crippen MR) is 52.7 cm³/mol. The summed E-state index contributed by atoms with van der Waals surface area (Å²) < 4.78 is 0. The molecule has 0 aromatic heterocycles. The average Bonchev–Trinajstić information content (AvgIpc) is 2.83. The van der Waals surface area contributed by atoms with Gasteiger partial charge in [0.25, 0.3) is 0 Å². The summed E-state index contributed by atoms with van der Waals surface area (Å²) in [5.41, 5.74) is 0.591. The third-order valence-corrected chi connectivity index (χ3v) is 5.51. The van der Waals surface area contributed by atoms with Gasteiger partial charge in [0.2, 0.25) is 0 Å². The van der Waals surface area contributed by atoms with Crippen molar-refractivity contribution < 1.29 is 9.90 Å². The highest BCUT2D eigenvalue weighted by atomic mass is 16.4. The van der Waals surface area contributed by atoms with Crippen LogP contribution >= 0.6 is 0 Å². The van der Waals surface area contributed by atoms with Crippen molar-refractivity contribution in [3.05, 3.63) is 0 Å². The number of carboxylic acid groups (broad SMARTS) is 1. The molecule has 3 saturated carbocycles. The number of fused-ring (bicyclic) bond motifs is 3. The average molecular weight is 194 g/mol. The van der Waals surface area contributed by atoms with Crippen LogP contribution in [-0.2, 0) is 4.79 Å². The Bertz CT molecular complexity index is 320. The van der Waals surface area contributed by atoms with E-state index in [0.717, 1.165) is 12.3 Å². The van der Waals surface area contributed by atoms with E-state index in [9.17, 15) is 4.79 Å². The van der Waals surface area contributed by atoms with E-state index in [1.165, 1.54) is 6.42 Å². The second-order valence-electron chi connectivity index (χ2n) is 6.34. The Morgan fingerprint density at radius 2 is 1.93 bits per heavy atom. The molecule has 3 aliphatic carbocycles. The molecular formula is C12H18O2. The van der Waals surface area contributed by atoms with Gasteiger partial charge in [0, 0.05) is 0 Å². The van der Waals surface area contributed by atoms with E-state index >= 15 is 0 Å². The van der Waals surface area contributed by atoms with Gasteiger partial charge in [-0.2, -0.15) is 0 Å². The van der Waals surface area contributed by atoms with Crippen molar-refractivity contribution in [2.75, 3.05) is 0 Å². The molecule has 0 amide bonds. The molecule has 5 unspecified atom stereocenters. The van der Waals surface area contributed by atoms with Crippen LogP contribution in [0.2, 0.25) is 0 Å². The molecule has 2 heteroatoms. The lowest BCUT2D eigenvalue weighted by Crippen LogP contribution is -2.08. The summed E-state index contributed by atoms with van der Waals surface area (Å²) in [6.45, 7) is 6.80. The largest absolute Gasteiger partial charge is 0.481 e. The number of carbonyl (C=O) groups is 1. The lowest BCUT2D eigenvalue weighted by molar-refractivity contribution is -0.139. The predicted octanol–water partition coefficient (Wildman–Crippen LogP) is 2.39. The van der Waals surface area contributed by atoms with Crippen LogP contribution in [0.3, 0.4) is 0 Å². The first kappa shape index (κ1) is 8.75. The quantitative estimate of drug-likeness (QED) is 0.696. The first-order valence-corrected chi connectivity index (χ1v) is 5.63. The molecule has 14 heavy (non-hydrogen) atoms. The van der Waals surface area contributed by atoms with Crippen molar-refractivity contribution in [2.45, 2.75) is 33.6 Å². The lowest BCUT2D eigenvalue weighted by Gasteiger charge is -2.14. The van der Waals surface area contributed by atoms with Crippen LogP contribution < -0.4 is 0 Å². The molecule has 0 aliphatic heterocycles. The molecule has 0 heterocycles. The van der Waals surface area contributed by atoms with Crippen molar-refractivity contribution in [2.24, 2.45) is 34.5 Å². The van der Waals surface area contributed by atoms with E-state index in [0.29, 0.717) is 17.3 Å². The maximum absolute atomic E-state index is 11.1. The zero-order valence-corrected chi connectivity index (χ0v) is 9.08. The second-order valence-corrected chi connectivity index (χ2v) is 6.34. The van der Waals surface area contributed by atoms with Gasteiger partial charge in [0.15, 0.2) is 0 Å². The van der Waals surface area contributed by atoms with Crippen molar-refractivity contribution in [1.29, 1.82) is 0 Å². The molecule has 0 bridgehead atoms. The summed E-state index contributed by atoms with van der Waals surface area (Å²) in [4.78, 5) is 11.1. The Labute approximate surface area is 84.7 Å². The van der Waals surface area contributed by atoms with Crippen LogP contribution in [0.5, 0.6) is 0 Å². The van der Waals surface area contributed by atoms with Gasteiger partial charge >= 0.3 is 5.97 Å². The van der Waals surface area contributed by atoms with Gasteiger partial charge in [-0.1, -0.05) is 20.8 Å². The van der Waals surface area contributed by atoms with Gasteiger partial charge < -0.3 is 5.11 Å². The monoisotopic (exact) mass is 194 g/mol. The first-order chi connectivity index (χ1) is 6.40. The Hall–Kier alpha value is -0.530. The molecule has 5 atom stereocenters. The molecule has 2 nitrogen and oxygen atoms in total. The van der Waals surface area contributed by atoms with E-state index < -0.39 is 5.97 Å². The number of hydrogen-bond donors (Lipinski definition) is 1. The standard InChI is InChI=1S/C12H18O2/c1-11(2)6-4-5-12(3)8(7(6)11)9(12)10(13)14/h6-9H,4-5H2,1-3H3,(H,13,14). The van der Waals surface area contributed by atoms with Crippen LogP contribution in [0, 0.1) is 34.5 Å². The Morgan fingerprint density at radius 3 is 2.50 bits per heavy atom. The van der Waals surface area contributed by atoms with Gasteiger partial charge in [-0.05, 0) is 41.4 Å². The highest BCUT2D eigenvalue weighted by Gasteiger charge is 2.79. The Kier molecular flexibility index (Phi) is 1.27. The molecule has 3 aliphatic rings. The Morgan fingerprint density at radius 1 is 1.29 bits per heavy atom. The Balaban J connectivity index is 1.90. The van der Waals surface area contributed by atoms with Gasteiger partial charge in [0.1, 0.15) is 0 Å². The zero-order chi connectivity index (χ0) is 10.3. The molecule has 0 spiro atoms. The van der Waals surface area contributed by atoms with Gasteiger partial charge in [-0.15, -0.1) is 0 Å². The fourth-order valence-electron chi connectivity index (χ4n) is 4.49. The van der Waals surface area contributed by atoms with Crippen molar-refractivity contribution in [1.82, 2.24) is 0 Å². The van der Waals surface area contributed by atoms with E-state index in [1.54, 1.807) is 0 Å². The highest BCUT2D eigenvalue weighted by molar-refractivity contribution is 5.76. The van der Waals surface area contributed by atoms with Crippen molar-refractivity contribution >= 4 is 5.97 Å². The first-order valence-electron chi connectivity index (χ1n) is 5.63. The van der Waals surface area contributed by atoms with E-state index in [-0.39, 0.29) is 11.3 Å². The van der Waals surface area contributed by atoms with Crippen LogP contribution in [-0.4, -0.2) is 11.1 Å². The fraction of sp³-hybridized carbons (Fsp3) is 0.917. The summed E-state index contributed by atoms with van der Waals surface area (Å²) in [5.74, 6) is 1.45. The zero-order valence-electron chi connectivity index (χ0n) is 9.08. The molecule has 0 aromatic rings. The smallest absolute Gasteiger partial charge is 0.307 e. The third kappa shape index (κ3) is 0.731. The molecule has 0 saturated heterocycles. The minimum absolute atomic E-state index is 0.0284. The van der Waals surface area contributed by atoms with Crippen LogP contribution in [0.25, 0.3) is 0 Å². The van der Waals surface area contributed by atoms with Crippen molar-refractivity contribution in [3.63, 3.8) is 0 Å². The van der Waals surface area contributed by atoms with Crippen LogP contribution in [0.15, 0.2) is 0 Å². The van der Waals surface area contributed by atoms with Gasteiger partial charge in [0.05, 0.1) is 5.92 Å². The maximum atomic E-state index is 11.1. The van der Waals surface area contributed by atoms with Crippen LogP contribution in [0.4, 0.5) is 0 Å². The third-order valence-electron chi connectivity index (χ3n) is 5.51. The second kappa shape index (κ2) is 2.02. The minimum atomic E-state index is -0.555. The van der Waals surface area contributed by atoms with Crippen molar-refractivity contribution in [3.8, 4) is 0 Å². The highest BCUT2D eigenvalue weighted by Crippen LogP contribution is 2.81. The number of aliphatic carboxylic acids is 1. The molecule has 0 aromatic carbocycles. The molecule has 0 radical (unpaired) electrons. The number of rotatable bonds is 1. The van der Waals surface area contributed by atoms with Gasteiger partial charge in [-0.3, -0.25) is 4.79 Å². The molecular weight excluding hydrogens is 176 g/mol. The minimum Gasteiger partial charge on any atom is -0.481 e. The molecule has 78 valence electrons. The summed E-state index contributed by atoms with van der Waals surface area (Å²) >= 11 is 0. The number of hydrogen-bond acceptors (Lipinski definition) is 1. The van der Waals surface area contributed by atoms with E-state index in [2.05, 4.69) is 20.8 Å². The van der Waals surface area contributed by atoms with E-state index in [1.807, 2.05) is 0 Å². The maximum Gasteiger partial charge on any atom is 0.307 e. The summed E-state index contributed by atoms with van der Waals surface area (Å²) in [5, 5.41) is 9.16. The van der Waals surface area contributed by atoms with E-state index in [4.69, 9.17) is 5.11 Å². The SMILES string of the molecule is CC1(C)C2CCC3(C)C(C(=O)O)C3C21. The normalized spacial score (nSPS) is 57.1.